The predicted octanol–water partition coefficient (Wildman–Crippen LogP) is 2.85. The van der Waals surface area contributed by atoms with E-state index in [0.29, 0.717) is 0 Å². The lowest BCUT2D eigenvalue weighted by molar-refractivity contribution is 0.0467. The van der Waals surface area contributed by atoms with Crippen molar-refractivity contribution in [3.63, 3.8) is 0 Å². The minimum absolute atomic E-state index is 0.0249. The van der Waals surface area contributed by atoms with Gasteiger partial charge in [-0.1, -0.05) is 0 Å². The number of nitrogens with one attached hydrogen (secondary N) is 1. The third-order valence-electron chi connectivity index (χ3n) is 3.76. The molecular weight excluding hydrogens is 300 g/mol. The van der Waals surface area contributed by atoms with Crippen LogP contribution in [-0.2, 0) is 4.74 Å². The van der Waals surface area contributed by atoms with E-state index in [-0.39, 0.29) is 12.0 Å². The molecule has 0 aromatic carbocycles. The van der Waals surface area contributed by atoms with Crippen LogP contribution >= 0.6 is 11.3 Å². The van der Waals surface area contributed by atoms with E-state index in [1.807, 2.05) is 33.1 Å². The van der Waals surface area contributed by atoms with Crippen LogP contribution in [0.1, 0.15) is 34.1 Å². The number of anilines is 1. The molecule has 1 amide bonds. The van der Waals surface area contributed by atoms with Crippen molar-refractivity contribution in [3.05, 3.63) is 16.8 Å². The van der Waals surface area contributed by atoms with Crippen molar-refractivity contribution in [2.45, 2.75) is 51.9 Å². The summed E-state index contributed by atoms with van der Waals surface area (Å²) in [7, 11) is 0. The Morgan fingerprint density at radius 3 is 2.77 bits per heavy atom. The SMILES string of the molecule is CC(O)C1CC(NC(=O)OC(C)(C)C)CN(c2ccsc2)C1. The number of piperidine rings is 1. The third-order valence-corrected chi connectivity index (χ3v) is 4.43. The van der Waals surface area contributed by atoms with Gasteiger partial charge >= 0.3 is 6.09 Å². The zero-order valence-electron chi connectivity index (χ0n) is 13.7. The van der Waals surface area contributed by atoms with Crippen LogP contribution in [-0.4, -0.2) is 42.0 Å². The average molecular weight is 326 g/mol. The maximum atomic E-state index is 12.0. The van der Waals surface area contributed by atoms with Gasteiger partial charge in [-0.05, 0) is 45.6 Å². The Labute approximate surface area is 136 Å². The smallest absolute Gasteiger partial charge is 0.407 e. The van der Waals surface area contributed by atoms with Crippen LogP contribution in [0.3, 0.4) is 0 Å². The van der Waals surface area contributed by atoms with E-state index >= 15 is 0 Å². The summed E-state index contributed by atoms with van der Waals surface area (Å²) in [4.78, 5) is 14.2. The normalized spacial score (nSPS) is 24.0. The standard InChI is InChI=1S/C16H26N2O3S/c1-11(19)12-7-13(17-15(20)21-16(2,3)4)9-18(8-12)14-5-6-22-10-14/h5-6,10-13,19H,7-9H2,1-4H3,(H,17,20). The van der Waals surface area contributed by atoms with Gasteiger partial charge in [-0.2, -0.15) is 11.3 Å². The highest BCUT2D eigenvalue weighted by Crippen LogP contribution is 2.27. The molecule has 0 spiro atoms. The fourth-order valence-electron chi connectivity index (χ4n) is 2.71. The van der Waals surface area contributed by atoms with Crippen LogP contribution < -0.4 is 10.2 Å². The number of carbonyl (C=O) groups excluding carboxylic acids is 1. The summed E-state index contributed by atoms with van der Waals surface area (Å²) in [5.41, 5.74) is 0.640. The summed E-state index contributed by atoms with van der Waals surface area (Å²) in [6, 6.07) is 2.04. The van der Waals surface area contributed by atoms with Gasteiger partial charge in [0.15, 0.2) is 0 Å². The molecule has 0 saturated carbocycles. The first-order valence-corrected chi connectivity index (χ1v) is 8.63. The zero-order valence-corrected chi connectivity index (χ0v) is 14.5. The number of hydrogen-bond acceptors (Lipinski definition) is 5. The topological polar surface area (TPSA) is 61.8 Å². The van der Waals surface area contributed by atoms with Crippen LogP contribution in [0, 0.1) is 5.92 Å². The summed E-state index contributed by atoms with van der Waals surface area (Å²) in [6.45, 7) is 8.91. The van der Waals surface area contributed by atoms with E-state index in [2.05, 4.69) is 21.7 Å². The number of hydrogen-bond donors (Lipinski definition) is 2. The first-order chi connectivity index (χ1) is 10.2. The molecule has 1 aliphatic heterocycles. The van der Waals surface area contributed by atoms with Gasteiger partial charge in [-0.15, -0.1) is 0 Å². The summed E-state index contributed by atoms with van der Waals surface area (Å²) in [5, 5.41) is 17.0. The molecule has 2 rings (SSSR count). The Hall–Kier alpha value is -1.27. The average Bonchev–Trinajstić information content (AvgIpc) is 2.89. The van der Waals surface area contributed by atoms with Crippen molar-refractivity contribution >= 4 is 23.1 Å². The Kier molecular flexibility index (Phi) is 5.34. The fourth-order valence-corrected chi connectivity index (χ4v) is 3.38. The first-order valence-electron chi connectivity index (χ1n) is 7.69. The summed E-state index contributed by atoms with van der Waals surface area (Å²) in [6.07, 6.45) is -0.0317. The van der Waals surface area contributed by atoms with Crippen LogP contribution in [0.15, 0.2) is 16.8 Å². The largest absolute Gasteiger partial charge is 0.444 e. The van der Waals surface area contributed by atoms with E-state index < -0.39 is 17.8 Å². The molecule has 2 N–H and O–H groups in total. The van der Waals surface area contributed by atoms with Crippen molar-refractivity contribution in [2.75, 3.05) is 18.0 Å². The number of nitrogens with zero attached hydrogens (tertiary/aromatic N) is 1. The van der Waals surface area contributed by atoms with Gasteiger partial charge in [-0.25, -0.2) is 4.79 Å². The second-order valence-electron chi connectivity index (χ2n) is 6.97. The lowest BCUT2D eigenvalue weighted by Gasteiger charge is -2.40. The summed E-state index contributed by atoms with van der Waals surface area (Å²) in [5.74, 6) is 0.133. The van der Waals surface area contributed by atoms with Crippen LogP contribution in [0.4, 0.5) is 10.5 Å². The second-order valence-corrected chi connectivity index (χ2v) is 7.75. The Morgan fingerprint density at radius 1 is 1.50 bits per heavy atom. The fraction of sp³-hybridized carbons (Fsp3) is 0.688. The molecule has 124 valence electrons. The molecule has 0 radical (unpaired) electrons. The predicted molar refractivity (Wildman–Crippen MR) is 89.5 cm³/mol. The summed E-state index contributed by atoms with van der Waals surface area (Å²) >= 11 is 1.65. The van der Waals surface area contributed by atoms with Crippen LogP contribution in [0.5, 0.6) is 0 Å². The van der Waals surface area contributed by atoms with E-state index in [1.165, 1.54) is 0 Å². The molecule has 3 atom stereocenters. The molecule has 1 saturated heterocycles. The van der Waals surface area contributed by atoms with Gasteiger partial charge in [0, 0.05) is 30.1 Å². The van der Waals surface area contributed by atoms with Crippen LogP contribution in [0.25, 0.3) is 0 Å². The molecule has 5 nitrogen and oxygen atoms in total. The van der Waals surface area contributed by atoms with Crippen molar-refractivity contribution < 1.29 is 14.6 Å². The lowest BCUT2D eigenvalue weighted by Crippen LogP contribution is -2.53. The quantitative estimate of drug-likeness (QED) is 0.896. The van der Waals surface area contributed by atoms with Gasteiger partial charge < -0.3 is 20.1 Å². The second kappa shape index (κ2) is 6.87. The van der Waals surface area contributed by atoms with Crippen molar-refractivity contribution in [1.82, 2.24) is 5.32 Å². The molecule has 2 heterocycles. The number of carbonyl (C=O) groups is 1. The molecule has 22 heavy (non-hydrogen) atoms. The lowest BCUT2D eigenvalue weighted by atomic mass is 9.90. The molecule has 1 fully saturated rings. The highest BCUT2D eigenvalue weighted by molar-refractivity contribution is 7.08. The maximum absolute atomic E-state index is 12.0. The monoisotopic (exact) mass is 326 g/mol. The number of alkyl carbamates (subject to hydrolysis) is 1. The van der Waals surface area contributed by atoms with Gasteiger partial charge in [0.25, 0.3) is 0 Å². The Morgan fingerprint density at radius 2 is 2.23 bits per heavy atom. The van der Waals surface area contributed by atoms with Crippen LogP contribution in [0.2, 0.25) is 0 Å². The van der Waals surface area contributed by atoms with Crippen molar-refractivity contribution in [3.8, 4) is 0 Å². The minimum atomic E-state index is -0.504. The number of rotatable bonds is 3. The van der Waals surface area contributed by atoms with Gasteiger partial charge in [0.2, 0.25) is 0 Å². The van der Waals surface area contributed by atoms with E-state index in [1.54, 1.807) is 11.3 Å². The van der Waals surface area contributed by atoms with E-state index in [4.69, 9.17) is 4.74 Å². The number of thiophene rings is 1. The first kappa shape index (κ1) is 17.1. The Bertz CT molecular complexity index is 482. The van der Waals surface area contributed by atoms with Gasteiger partial charge in [0.1, 0.15) is 5.60 Å². The highest BCUT2D eigenvalue weighted by atomic mass is 32.1. The molecule has 1 aromatic rings. The zero-order chi connectivity index (χ0) is 16.3. The molecule has 1 aliphatic rings. The molecule has 3 unspecified atom stereocenters. The molecule has 0 aliphatic carbocycles. The Balaban J connectivity index is 2.02. The highest BCUT2D eigenvalue weighted by Gasteiger charge is 2.32. The van der Waals surface area contributed by atoms with E-state index in [9.17, 15) is 9.90 Å². The third kappa shape index (κ3) is 4.88. The molecule has 6 heteroatoms. The van der Waals surface area contributed by atoms with Gasteiger partial charge in [0.05, 0.1) is 12.1 Å². The number of aliphatic hydroxyl groups excluding tert-OH is 1. The number of ether oxygens (including phenoxy) is 1. The number of aliphatic hydroxyl groups is 1. The minimum Gasteiger partial charge on any atom is -0.444 e. The maximum Gasteiger partial charge on any atom is 0.407 e. The van der Waals surface area contributed by atoms with Crippen molar-refractivity contribution in [2.24, 2.45) is 5.92 Å². The summed E-state index contributed by atoms with van der Waals surface area (Å²) < 4.78 is 5.33. The van der Waals surface area contributed by atoms with Crippen molar-refractivity contribution in [1.29, 1.82) is 0 Å². The van der Waals surface area contributed by atoms with E-state index in [0.717, 1.165) is 25.2 Å². The number of amides is 1. The molecule has 0 bridgehead atoms. The molecule has 1 aromatic heterocycles. The molecular formula is C16H26N2O3S. The van der Waals surface area contributed by atoms with Gasteiger partial charge in [-0.3, -0.25) is 0 Å².